The first-order valence-corrected chi connectivity index (χ1v) is 11.5. The molecule has 4 heteroatoms. The SMILES string of the molecule is C=C[C@@H](C)[C@H](O[Si](C)(C)C(C)(C)C)[C@@H](C)CC1OCCCO1. The third-order valence-electron chi connectivity index (χ3n) is 5.15. The smallest absolute Gasteiger partial charge is 0.192 e. The molecule has 3 nitrogen and oxygen atoms in total. The van der Waals surface area contributed by atoms with Crippen LogP contribution in [-0.2, 0) is 13.9 Å². The highest BCUT2D eigenvalue weighted by atomic mass is 28.4. The predicted octanol–water partition coefficient (Wildman–Crippen LogP) is 4.99. The summed E-state index contributed by atoms with van der Waals surface area (Å²) in [6.45, 7) is 21.5. The van der Waals surface area contributed by atoms with Crippen LogP contribution in [0.5, 0.6) is 0 Å². The molecule has 0 bridgehead atoms. The molecule has 0 saturated carbocycles. The Hall–Kier alpha value is -0.163. The summed E-state index contributed by atoms with van der Waals surface area (Å²) in [5.41, 5.74) is 0. The van der Waals surface area contributed by atoms with Crippen LogP contribution in [0, 0.1) is 11.8 Å². The topological polar surface area (TPSA) is 27.7 Å². The fourth-order valence-electron chi connectivity index (χ4n) is 2.50. The Morgan fingerprint density at radius 2 is 1.77 bits per heavy atom. The molecule has 0 aromatic carbocycles. The van der Waals surface area contributed by atoms with Gasteiger partial charge in [-0.2, -0.15) is 0 Å². The van der Waals surface area contributed by atoms with Crippen LogP contribution in [0.1, 0.15) is 47.5 Å². The molecule has 130 valence electrons. The van der Waals surface area contributed by atoms with Gasteiger partial charge in [-0.3, -0.25) is 0 Å². The Labute approximate surface area is 138 Å². The summed E-state index contributed by atoms with van der Waals surface area (Å²) >= 11 is 0. The number of ether oxygens (including phenoxy) is 2. The molecule has 1 rings (SSSR count). The number of rotatable bonds is 7. The lowest BCUT2D eigenvalue weighted by molar-refractivity contribution is -0.189. The van der Waals surface area contributed by atoms with Crippen molar-refractivity contribution >= 4 is 8.32 Å². The highest BCUT2D eigenvalue weighted by Crippen LogP contribution is 2.39. The first-order chi connectivity index (χ1) is 10.1. The van der Waals surface area contributed by atoms with Crippen LogP contribution in [0.15, 0.2) is 12.7 Å². The van der Waals surface area contributed by atoms with Crippen molar-refractivity contribution in [2.24, 2.45) is 11.8 Å². The van der Waals surface area contributed by atoms with Gasteiger partial charge in [-0.15, -0.1) is 6.58 Å². The lowest BCUT2D eigenvalue weighted by atomic mass is 9.91. The first kappa shape index (κ1) is 19.9. The molecule has 22 heavy (non-hydrogen) atoms. The van der Waals surface area contributed by atoms with Crippen molar-refractivity contribution in [3.8, 4) is 0 Å². The number of hydrogen-bond acceptors (Lipinski definition) is 3. The third kappa shape index (κ3) is 5.48. The van der Waals surface area contributed by atoms with E-state index in [9.17, 15) is 0 Å². The molecule has 0 amide bonds. The van der Waals surface area contributed by atoms with E-state index in [1.54, 1.807) is 0 Å². The molecular formula is C18H36O3Si. The Morgan fingerprint density at radius 3 is 2.23 bits per heavy atom. The Bertz CT molecular complexity index is 343. The zero-order valence-corrected chi connectivity index (χ0v) is 16.6. The van der Waals surface area contributed by atoms with Crippen molar-refractivity contribution in [2.45, 2.75) is 78.0 Å². The van der Waals surface area contributed by atoms with E-state index < -0.39 is 8.32 Å². The summed E-state index contributed by atoms with van der Waals surface area (Å²) in [6, 6.07) is 0. The summed E-state index contributed by atoms with van der Waals surface area (Å²) in [5.74, 6) is 0.706. The van der Waals surface area contributed by atoms with Crippen LogP contribution < -0.4 is 0 Å². The molecule has 1 fully saturated rings. The van der Waals surface area contributed by atoms with Crippen molar-refractivity contribution in [3.05, 3.63) is 12.7 Å². The maximum atomic E-state index is 6.71. The molecule has 1 aliphatic heterocycles. The van der Waals surface area contributed by atoms with Crippen molar-refractivity contribution in [1.82, 2.24) is 0 Å². The lowest BCUT2D eigenvalue weighted by Crippen LogP contribution is -2.47. The zero-order valence-electron chi connectivity index (χ0n) is 15.6. The van der Waals surface area contributed by atoms with Gasteiger partial charge in [0.2, 0.25) is 0 Å². The van der Waals surface area contributed by atoms with E-state index in [0.29, 0.717) is 11.8 Å². The molecule has 0 unspecified atom stereocenters. The maximum Gasteiger partial charge on any atom is 0.192 e. The summed E-state index contributed by atoms with van der Waals surface area (Å²) in [6.07, 6.45) is 3.99. The fourth-order valence-corrected chi connectivity index (χ4v) is 3.98. The van der Waals surface area contributed by atoms with Gasteiger partial charge in [-0.1, -0.05) is 40.7 Å². The van der Waals surface area contributed by atoms with Gasteiger partial charge in [0, 0.05) is 6.42 Å². The van der Waals surface area contributed by atoms with Gasteiger partial charge >= 0.3 is 0 Å². The van der Waals surface area contributed by atoms with Crippen molar-refractivity contribution in [1.29, 1.82) is 0 Å². The average Bonchev–Trinajstić information content (AvgIpc) is 2.43. The molecular weight excluding hydrogens is 292 g/mol. The molecule has 1 heterocycles. The Kier molecular flexibility index (Phi) is 7.31. The van der Waals surface area contributed by atoms with Crippen LogP contribution in [0.4, 0.5) is 0 Å². The van der Waals surface area contributed by atoms with Gasteiger partial charge < -0.3 is 13.9 Å². The van der Waals surface area contributed by atoms with Crippen LogP contribution in [0.25, 0.3) is 0 Å². The summed E-state index contributed by atoms with van der Waals surface area (Å²) in [7, 11) is -1.80. The van der Waals surface area contributed by atoms with Gasteiger partial charge in [-0.25, -0.2) is 0 Å². The van der Waals surface area contributed by atoms with Gasteiger partial charge in [-0.05, 0) is 36.4 Å². The lowest BCUT2D eigenvalue weighted by Gasteiger charge is -2.43. The monoisotopic (exact) mass is 328 g/mol. The molecule has 1 aliphatic rings. The molecule has 0 radical (unpaired) electrons. The second kappa shape index (κ2) is 8.09. The average molecular weight is 329 g/mol. The minimum absolute atomic E-state index is 0.0775. The fraction of sp³-hybridized carbons (Fsp3) is 0.889. The Morgan fingerprint density at radius 1 is 1.23 bits per heavy atom. The van der Waals surface area contributed by atoms with Crippen LogP contribution in [-0.4, -0.2) is 33.9 Å². The third-order valence-corrected chi connectivity index (χ3v) is 9.62. The van der Waals surface area contributed by atoms with Gasteiger partial charge in [0.05, 0.1) is 19.3 Å². The van der Waals surface area contributed by atoms with Gasteiger partial charge in [0.1, 0.15) is 0 Å². The summed E-state index contributed by atoms with van der Waals surface area (Å²) in [5, 5.41) is 0.212. The summed E-state index contributed by atoms with van der Waals surface area (Å²) in [4.78, 5) is 0. The second-order valence-corrected chi connectivity index (χ2v) is 12.9. The summed E-state index contributed by atoms with van der Waals surface area (Å²) < 4.78 is 18.1. The normalized spacial score (nSPS) is 22.1. The molecule has 1 saturated heterocycles. The van der Waals surface area contributed by atoms with E-state index in [4.69, 9.17) is 13.9 Å². The molecule has 0 aliphatic carbocycles. The second-order valence-electron chi connectivity index (χ2n) is 8.18. The zero-order chi connectivity index (χ0) is 17.0. The highest BCUT2D eigenvalue weighted by Gasteiger charge is 2.41. The highest BCUT2D eigenvalue weighted by molar-refractivity contribution is 6.74. The molecule has 0 N–H and O–H groups in total. The van der Waals surface area contributed by atoms with Crippen molar-refractivity contribution in [3.63, 3.8) is 0 Å². The first-order valence-electron chi connectivity index (χ1n) is 8.62. The van der Waals surface area contributed by atoms with Gasteiger partial charge in [0.15, 0.2) is 14.6 Å². The van der Waals surface area contributed by atoms with Crippen LogP contribution in [0.3, 0.4) is 0 Å². The van der Waals surface area contributed by atoms with E-state index >= 15 is 0 Å². The van der Waals surface area contributed by atoms with Crippen LogP contribution >= 0.6 is 0 Å². The van der Waals surface area contributed by atoms with E-state index in [0.717, 1.165) is 26.1 Å². The Balaban J connectivity index is 2.76. The van der Waals surface area contributed by atoms with E-state index in [1.807, 2.05) is 6.08 Å². The molecule has 0 aromatic rings. The standard InChI is InChI=1S/C18H36O3Si/c1-9-14(2)17(21-22(7,8)18(4,5)6)15(3)13-16-19-11-10-12-20-16/h9,14-17H,1,10-13H2,2-8H3/t14-,15+,17+/m1/s1. The van der Waals surface area contributed by atoms with E-state index in [2.05, 4.69) is 54.3 Å². The van der Waals surface area contributed by atoms with Crippen LogP contribution in [0.2, 0.25) is 18.1 Å². The molecule has 3 atom stereocenters. The quantitative estimate of drug-likeness (QED) is 0.487. The van der Waals surface area contributed by atoms with Gasteiger partial charge in [0.25, 0.3) is 0 Å². The largest absolute Gasteiger partial charge is 0.413 e. The minimum atomic E-state index is -1.80. The van der Waals surface area contributed by atoms with E-state index in [-0.39, 0.29) is 17.4 Å². The predicted molar refractivity (Wildman–Crippen MR) is 95.5 cm³/mol. The van der Waals surface area contributed by atoms with Crippen molar-refractivity contribution < 1.29 is 13.9 Å². The molecule has 0 aromatic heterocycles. The maximum absolute atomic E-state index is 6.71. The number of hydrogen-bond donors (Lipinski definition) is 0. The van der Waals surface area contributed by atoms with E-state index in [1.165, 1.54) is 0 Å². The van der Waals surface area contributed by atoms with Crippen molar-refractivity contribution in [2.75, 3.05) is 13.2 Å². The minimum Gasteiger partial charge on any atom is -0.413 e. The molecule has 0 spiro atoms.